The van der Waals surface area contributed by atoms with E-state index in [9.17, 15) is 9.90 Å². The Labute approximate surface area is 141 Å². The Hall–Kier alpha value is -3.50. The normalized spacial score (nSPS) is 9.48. The monoisotopic (exact) mass is 348 g/mol. The van der Waals surface area contributed by atoms with Crippen LogP contribution in [0, 0.1) is 0 Å². The Balaban J connectivity index is 0.00000156. The molecule has 0 fully saturated rings. The van der Waals surface area contributed by atoms with E-state index in [1.54, 1.807) is 30.3 Å². The summed E-state index contributed by atoms with van der Waals surface area (Å²) in [6, 6.07) is 8.36. The molecule has 0 spiro atoms. The summed E-state index contributed by atoms with van der Waals surface area (Å²) in [7, 11) is 1.47. The number of methoxy groups -OCH3 is 1. The number of aromatic nitrogens is 4. The van der Waals surface area contributed by atoms with Crippen LogP contribution in [0.25, 0.3) is 11.6 Å². The van der Waals surface area contributed by atoms with Crippen LogP contribution < -0.4 is 15.0 Å². The average Bonchev–Trinajstić information content (AvgIpc) is 2.59. The molecule has 0 bridgehead atoms. The van der Waals surface area contributed by atoms with Gasteiger partial charge in [-0.05, 0) is 18.2 Å². The highest BCUT2D eigenvalue weighted by Crippen LogP contribution is 2.32. The number of nitrogens with one attached hydrogen (secondary N) is 1. The highest BCUT2D eigenvalue weighted by molar-refractivity contribution is 5.48. The van der Waals surface area contributed by atoms with Crippen LogP contribution in [-0.4, -0.2) is 43.1 Å². The quantitative estimate of drug-likeness (QED) is 0.671. The average molecular weight is 348 g/mol. The van der Waals surface area contributed by atoms with Crippen molar-refractivity contribution in [2.45, 2.75) is 0 Å². The van der Waals surface area contributed by atoms with Gasteiger partial charge in [-0.2, -0.15) is 4.98 Å². The van der Waals surface area contributed by atoms with E-state index in [0.717, 1.165) is 0 Å². The highest BCUT2D eigenvalue weighted by atomic mass is 16.5. The van der Waals surface area contributed by atoms with E-state index in [1.165, 1.54) is 19.5 Å². The smallest absolute Gasteiger partial charge is 0.298 e. The molecule has 0 aliphatic heterocycles. The lowest BCUT2D eigenvalue weighted by molar-refractivity contribution is 0.358. The topological polar surface area (TPSA) is 173 Å². The molecule has 0 saturated carbocycles. The predicted molar refractivity (Wildman–Crippen MR) is 87.8 cm³/mol. The van der Waals surface area contributed by atoms with Crippen LogP contribution in [0.2, 0.25) is 0 Å². The van der Waals surface area contributed by atoms with Gasteiger partial charge in [-0.3, -0.25) is 4.79 Å². The predicted octanol–water partition coefficient (Wildman–Crippen LogP) is 0.0840. The Morgan fingerprint density at radius 2 is 1.68 bits per heavy atom. The molecule has 6 N–H and O–H groups in total. The lowest BCUT2D eigenvalue weighted by atomic mass is 10.3. The van der Waals surface area contributed by atoms with Crippen LogP contribution in [0.5, 0.6) is 23.1 Å². The van der Waals surface area contributed by atoms with E-state index < -0.39 is 11.4 Å². The molecule has 0 aliphatic carbocycles. The highest BCUT2D eigenvalue weighted by Gasteiger charge is 2.16. The maximum atomic E-state index is 12.2. The summed E-state index contributed by atoms with van der Waals surface area (Å²) in [6.45, 7) is 0. The van der Waals surface area contributed by atoms with E-state index >= 15 is 0 Å². The SMILES string of the molecule is COc1ccccc1Oc1c(O)nc(-c2ncccn2)[nH]c1=O.O.O. The molecule has 10 heteroatoms. The number of ether oxygens (including phenoxy) is 2. The summed E-state index contributed by atoms with van der Waals surface area (Å²) in [5.41, 5.74) is -0.661. The molecule has 25 heavy (non-hydrogen) atoms. The largest absolute Gasteiger partial charge is 0.493 e. The number of rotatable bonds is 4. The molecule has 3 aromatic rings. The molecule has 3 rings (SSSR count). The third kappa shape index (κ3) is 4.07. The molecular formula is C15H16N4O6. The van der Waals surface area contributed by atoms with Gasteiger partial charge in [0.15, 0.2) is 23.1 Å². The Morgan fingerprint density at radius 3 is 2.28 bits per heavy atom. The van der Waals surface area contributed by atoms with Gasteiger partial charge in [-0.25, -0.2) is 9.97 Å². The van der Waals surface area contributed by atoms with Crippen molar-refractivity contribution in [2.75, 3.05) is 7.11 Å². The molecule has 0 atom stereocenters. The summed E-state index contributed by atoms with van der Waals surface area (Å²) in [6.07, 6.45) is 3.00. The minimum absolute atomic E-state index is 0. The van der Waals surface area contributed by atoms with Crippen molar-refractivity contribution < 1.29 is 25.5 Å². The fourth-order valence-corrected chi connectivity index (χ4v) is 1.88. The molecule has 0 amide bonds. The molecule has 10 nitrogen and oxygen atoms in total. The second-order valence-electron chi connectivity index (χ2n) is 4.39. The van der Waals surface area contributed by atoms with Gasteiger partial charge in [0.2, 0.25) is 0 Å². The number of hydrogen-bond donors (Lipinski definition) is 2. The number of aromatic hydroxyl groups is 1. The standard InChI is InChI=1S/C15H12N4O4.2H2O/c1-22-9-5-2-3-6-10(9)23-11-14(20)18-13(19-15(11)21)12-16-7-4-8-17-12;;/h2-8H,1H3,(H2,18,19,20,21);2*1H2. The Morgan fingerprint density at radius 1 is 1.04 bits per heavy atom. The minimum atomic E-state index is -0.661. The first-order valence-corrected chi connectivity index (χ1v) is 6.60. The molecule has 0 saturated heterocycles. The molecule has 132 valence electrons. The number of aromatic amines is 1. The van der Waals surface area contributed by atoms with Crippen molar-refractivity contribution in [1.82, 2.24) is 19.9 Å². The van der Waals surface area contributed by atoms with Crippen LogP contribution in [-0.2, 0) is 0 Å². The lowest BCUT2D eigenvalue weighted by Crippen LogP contribution is -2.12. The number of hydrogen-bond acceptors (Lipinski definition) is 7. The molecule has 2 aromatic heterocycles. The van der Waals surface area contributed by atoms with Gasteiger partial charge in [0.05, 0.1) is 7.11 Å². The fraction of sp³-hybridized carbons (Fsp3) is 0.0667. The zero-order chi connectivity index (χ0) is 16.2. The molecule has 0 radical (unpaired) electrons. The summed E-state index contributed by atoms with van der Waals surface area (Å²) >= 11 is 0. The van der Waals surface area contributed by atoms with E-state index in [2.05, 4.69) is 19.9 Å². The minimum Gasteiger partial charge on any atom is -0.493 e. The van der Waals surface area contributed by atoms with E-state index in [-0.39, 0.29) is 34.1 Å². The fourth-order valence-electron chi connectivity index (χ4n) is 1.88. The van der Waals surface area contributed by atoms with Crippen LogP contribution in [0.15, 0.2) is 47.5 Å². The molecule has 1 aromatic carbocycles. The number of benzene rings is 1. The van der Waals surface area contributed by atoms with Gasteiger partial charge >= 0.3 is 0 Å². The zero-order valence-corrected chi connectivity index (χ0v) is 13.1. The first-order chi connectivity index (χ1) is 11.2. The maximum Gasteiger partial charge on any atom is 0.298 e. The zero-order valence-electron chi connectivity index (χ0n) is 13.1. The van der Waals surface area contributed by atoms with Gasteiger partial charge in [0.25, 0.3) is 17.2 Å². The second kappa shape index (κ2) is 8.38. The van der Waals surface area contributed by atoms with Crippen molar-refractivity contribution in [3.05, 3.63) is 53.1 Å². The summed E-state index contributed by atoms with van der Waals surface area (Å²) < 4.78 is 10.6. The molecular weight excluding hydrogens is 332 g/mol. The number of para-hydroxylation sites is 2. The summed E-state index contributed by atoms with van der Waals surface area (Å²) in [5, 5.41) is 10.0. The van der Waals surface area contributed by atoms with Crippen LogP contribution in [0.3, 0.4) is 0 Å². The first-order valence-electron chi connectivity index (χ1n) is 6.60. The number of nitrogens with zero attached hydrogens (tertiary/aromatic N) is 3. The second-order valence-corrected chi connectivity index (χ2v) is 4.39. The van der Waals surface area contributed by atoms with Crippen LogP contribution in [0.1, 0.15) is 0 Å². The van der Waals surface area contributed by atoms with E-state index in [4.69, 9.17) is 9.47 Å². The van der Waals surface area contributed by atoms with Crippen molar-refractivity contribution in [3.8, 4) is 34.8 Å². The summed E-state index contributed by atoms with van der Waals surface area (Å²) in [5.74, 6) is 0.0172. The third-order valence-electron chi connectivity index (χ3n) is 2.92. The molecule has 2 heterocycles. The van der Waals surface area contributed by atoms with Gasteiger partial charge in [-0.1, -0.05) is 12.1 Å². The molecule has 0 aliphatic rings. The molecule has 0 unspecified atom stereocenters. The van der Waals surface area contributed by atoms with Crippen LogP contribution in [0.4, 0.5) is 0 Å². The van der Waals surface area contributed by atoms with Crippen molar-refractivity contribution in [1.29, 1.82) is 0 Å². The van der Waals surface area contributed by atoms with Crippen LogP contribution >= 0.6 is 0 Å². The van der Waals surface area contributed by atoms with Gasteiger partial charge < -0.3 is 30.5 Å². The third-order valence-corrected chi connectivity index (χ3v) is 2.92. The number of H-pyrrole nitrogens is 1. The lowest BCUT2D eigenvalue weighted by Gasteiger charge is -2.10. The van der Waals surface area contributed by atoms with Crippen molar-refractivity contribution in [2.24, 2.45) is 0 Å². The Kier molecular flexibility index (Phi) is 6.55. The van der Waals surface area contributed by atoms with E-state index in [1.807, 2.05) is 0 Å². The summed E-state index contributed by atoms with van der Waals surface area (Å²) in [4.78, 5) is 26.4. The Bertz CT molecular complexity index is 885. The van der Waals surface area contributed by atoms with E-state index in [0.29, 0.717) is 5.75 Å². The van der Waals surface area contributed by atoms with Gasteiger partial charge in [0.1, 0.15) is 0 Å². The van der Waals surface area contributed by atoms with Gasteiger partial charge in [0, 0.05) is 12.4 Å². The van der Waals surface area contributed by atoms with Crippen molar-refractivity contribution >= 4 is 0 Å². The van der Waals surface area contributed by atoms with Crippen molar-refractivity contribution in [3.63, 3.8) is 0 Å². The first kappa shape index (κ1) is 19.5. The van der Waals surface area contributed by atoms with Gasteiger partial charge in [-0.15, -0.1) is 0 Å². The maximum absolute atomic E-state index is 12.2.